The van der Waals surface area contributed by atoms with E-state index in [1.54, 1.807) is 0 Å². The van der Waals surface area contributed by atoms with Crippen LogP contribution in [0, 0.1) is 0 Å². The average Bonchev–Trinajstić information content (AvgIpc) is 2.70. The van der Waals surface area contributed by atoms with E-state index in [9.17, 15) is 0 Å². The number of hydrogen-bond donors (Lipinski definition) is 1. The number of nitrogens with zero attached hydrogens (tertiary/aromatic N) is 1. The highest BCUT2D eigenvalue weighted by Gasteiger charge is 2.11. The van der Waals surface area contributed by atoms with Gasteiger partial charge in [0.2, 0.25) is 0 Å². The van der Waals surface area contributed by atoms with E-state index >= 15 is 0 Å². The number of hydrogen-bond acceptors (Lipinski definition) is 3. The van der Waals surface area contributed by atoms with Crippen LogP contribution in [0.2, 0.25) is 0 Å². The molecule has 1 saturated heterocycles. The zero-order chi connectivity index (χ0) is 17.6. The highest BCUT2D eigenvalue weighted by Crippen LogP contribution is 2.25. The van der Waals surface area contributed by atoms with Gasteiger partial charge in [0.15, 0.2) is 0 Å². The van der Waals surface area contributed by atoms with Crippen molar-refractivity contribution in [3.8, 4) is 5.75 Å². The Bertz CT molecular complexity index is 715. The fourth-order valence-electron chi connectivity index (χ4n) is 4.03. The van der Waals surface area contributed by atoms with Crippen molar-refractivity contribution in [1.29, 1.82) is 0 Å². The van der Waals surface area contributed by atoms with E-state index in [1.807, 2.05) is 0 Å². The Morgan fingerprint density at radius 3 is 2.25 bits per heavy atom. The molecule has 1 fully saturated rings. The minimum absolute atomic E-state index is 0. The van der Waals surface area contributed by atoms with E-state index in [0.29, 0.717) is 0 Å². The van der Waals surface area contributed by atoms with Gasteiger partial charge in [0.1, 0.15) is 5.75 Å². The predicted molar refractivity (Wildman–Crippen MR) is 121 cm³/mol. The summed E-state index contributed by atoms with van der Waals surface area (Å²) in [5.74, 6) is 1.03. The molecule has 2 aliphatic rings. The van der Waals surface area contributed by atoms with Crippen molar-refractivity contribution in [2.75, 3.05) is 32.8 Å². The van der Waals surface area contributed by atoms with Crippen LogP contribution in [0.1, 0.15) is 35.1 Å². The third kappa shape index (κ3) is 6.38. The van der Waals surface area contributed by atoms with Crippen molar-refractivity contribution in [3.63, 3.8) is 0 Å². The highest BCUT2D eigenvalue weighted by atomic mass is 35.5. The second kappa shape index (κ2) is 11.7. The molecule has 1 heterocycles. The minimum atomic E-state index is 0. The molecule has 28 heavy (non-hydrogen) atoms. The molecule has 0 bridgehead atoms. The molecular weight excluding hydrogens is 391 g/mol. The largest absolute Gasteiger partial charge is 0.493 e. The predicted octanol–water partition coefficient (Wildman–Crippen LogP) is 4.44. The monoisotopic (exact) mass is 422 g/mol. The third-order valence-electron chi connectivity index (χ3n) is 5.62. The van der Waals surface area contributed by atoms with Crippen molar-refractivity contribution >= 4 is 24.8 Å². The summed E-state index contributed by atoms with van der Waals surface area (Å²) in [6.07, 6.45) is 6.05. The lowest BCUT2D eigenvalue weighted by Gasteiger charge is -2.27. The Labute approximate surface area is 181 Å². The maximum absolute atomic E-state index is 6.01. The van der Waals surface area contributed by atoms with Crippen LogP contribution in [0.5, 0.6) is 5.75 Å². The van der Waals surface area contributed by atoms with Gasteiger partial charge in [-0.15, -0.1) is 24.8 Å². The first-order chi connectivity index (χ1) is 12.9. The molecule has 2 aromatic rings. The molecule has 0 radical (unpaired) electrons. The van der Waals surface area contributed by atoms with Gasteiger partial charge in [-0.25, -0.2) is 0 Å². The smallest absolute Gasteiger partial charge is 0.119 e. The molecule has 0 unspecified atom stereocenters. The number of benzene rings is 2. The summed E-state index contributed by atoms with van der Waals surface area (Å²) >= 11 is 0. The maximum Gasteiger partial charge on any atom is 0.119 e. The minimum Gasteiger partial charge on any atom is -0.493 e. The molecule has 0 saturated carbocycles. The first kappa shape index (κ1) is 23.0. The number of halogens is 2. The standard InChI is InChI=1S/C23H30N2O.2ClH/c1-2-4-22-17-23(10-9-21(22)3-1)26-16-11-19-5-7-20(8-6-19)18-25-14-12-24-13-15-25;;/h5-10,17,24H,1-4,11-16,18H2;2*1H. The van der Waals surface area contributed by atoms with E-state index in [1.165, 1.54) is 47.9 Å². The van der Waals surface area contributed by atoms with Crippen molar-refractivity contribution in [1.82, 2.24) is 10.2 Å². The first-order valence-corrected chi connectivity index (χ1v) is 10.1. The zero-order valence-corrected chi connectivity index (χ0v) is 18.1. The van der Waals surface area contributed by atoms with Crippen molar-refractivity contribution in [3.05, 3.63) is 64.7 Å². The van der Waals surface area contributed by atoms with E-state index in [4.69, 9.17) is 4.74 Å². The summed E-state index contributed by atoms with van der Waals surface area (Å²) in [6.45, 7) is 6.33. The van der Waals surface area contributed by atoms with Crippen LogP contribution < -0.4 is 10.1 Å². The lowest BCUT2D eigenvalue weighted by molar-refractivity contribution is 0.233. The quantitative estimate of drug-likeness (QED) is 0.744. The maximum atomic E-state index is 6.01. The lowest BCUT2D eigenvalue weighted by atomic mass is 9.92. The van der Waals surface area contributed by atoms with E-state index in [2.05, 4.69) is 52.7 Å². The zero-order valence-electron chi connectivity index (χ0n) is 16.5. The van der Waals surface area contributed by atoms with Crippen LogP contribution >= 0.6 is 24.8 Å². The van der Waals surface area contributed by atoms with E-state index < -0.39 is 0 Å². The summed E-state index contributed by atoms with van der Waals surface area (Å²) in [5, 5.41) is 3.41. The van der Waals surface area contributed by atoms with Crippen LogP contribution in [0.4, 0.5) is 0 Å². The molecule has 1 N–H and O–H groups in total. The van der Waals surface area contributed by atoms with Crippen molar-refractivity contribution < 1.29 is 4.74 Å². The Kier molecular flexibility index (Phi) is 9.60. The molecule has 0 spiro atoms. The van der Waals surface area contributed by atoms with Gasteiger partial charge in [0.25, 0.3) is 0 Å². The number of aryl methyl sites for hydroxylation is 2. The fourth-order valence-corrected chi connectivity index (χ4v) is 4.03. The van der Waals surface area contributed by atoms with Gasteiger partial charge in [-0.2, -0.15) is 0 Å². The molecular formula is C23H32Cl2N2O. The number of rotatable bonds is 6. The van der Waals surface area contributed by atoms with Gasteiger partial charge in [-0.1, -0.05) is 30.3 Å². The molecule has 1 aliphatic heterocycles. The topological polar surface area (TPSA) is 24.5 Å². The Balaban J connectivity index is 0.00000140. The van der Waals surface area contributed by atoms with Gasteiger partial charge in [0.05, 0.1) is 6.61 Å². The summed E-state index contributed by atoms with van der Waals surface area (Å²) < 4.78 is 6.01. The van der Waals surface area contributed by atoms with Gasteiger partial charge >= 0.3 is 0 Å². The molecule has 4 rings (SSSR count). The molecule has 3 nitrogen and oxygen atoms in total. The highest BCUT2D eigenvalue weighted by molar-refractivity contribution is 5.85. The summed E-state index contributed by atoms with van der Waals surface area (Å²) in [4.78, 5) is 2.52. The number of ether oxygens (including phenoxy) is 1. The third-order valence-corrected chi connectivity index (χ3v) is 5.62. The fraction of sp³-hybridized carbons (Fsp3) is 0.478. The van der Waals surface area contributed by atoms with Crippen LogP contribution in [-0.4, -0.2) is 37.7 Å². The summed E-state index contributed by atoms with van der Waals surface area (Å²) in [6, 6.07) is 15.7. The molecule has 0 atom stereocenters. The molecule has 0 aromatic heterocycles. The number of piperazine rings is 1. The van der Waals surface area contributed by atoms with Gasteiger partial charge in [0, 0.05) is 39.1 Å². The number of fused-ring (bicyclic) bond motifs is 1. The number of nitrogens with one attached hydrogen (secondary N) is 1. The molecule has 154 valence electrons. The molecule has 0 amide bonds. The normalized spacial score (nSPS) is 16.4. The van der Waals surface area contributed by atoms with Gasteiger partial charge in [-0.05, 0) is 60.1 Å². The Morgan fingerprint density at radius 2 is 1.50 bits per heavy atom. The van der Waals surface area contributed by atoms with Crippen LogP contribution in [0.25, 0.3) is 0 Å². The SMILES string of the molecule is Cl.Cl.c1cc(CN2CCNCC2)ccc1CCOc1ccc2c(c1)CCCC2. The molecule has 1 aliphatic carbocycles. The summed E-state index contributed by atoms with van der Waals surface area (Å²) in [7, 11) is 0. The van der Waals surface area contributed by atoms with Crippen molar-refractivity contribution in [2.24, 2.45) is 0 Å². The molecule has 5 heteroatoms. The van der Waals surface area contributed by atoms with Crippen LogP contribution in [0.15, 0.2) is 42.5 Å². The van der Waals surface area contributed by atoms with Crippen LogP contribution in [-0.2, 0) is 25.8 Å². The Morgan fingerprint density at radius 1 is 0.821 bits per heavy atom. The summed E-state index contributed by atoms with van der Waals surface area (Å²) in [5.41, 5.74) is 5.77. The Hall–Kier alpha value is -1.26. The average molecular weight is 423 g/mol. The van der Waals surface area contributed by atoms with E-state index in [-0.39, 0.29) is 24.8 Å². The lowest BCUT2D eigenvalue weighted by Crippen LogP contribution is -2.42. The first-order valence-electron chi connectivity index (χ1n) is 10.1. The van der Waals surface area contributed by atoms with Gasteiger partial charge < -0.3 is 10.1 Å². The van der Waals surface area contributed by atoms with Crippen LogP contribution in [0.3, 0.4) is 0 Å². The molecule has 2 aromatic carbocycles. The van der Waals surface area contributed by atoms with Crippen molar-refractivity contribution in [2.45, 2.75) is 38.6 Å². The van der Waals surface area contributed by atoms with Gasteiger partial charge in [-0.3, -0.25) is 4.90 Å². The second-order valence-corrected chi connectivity index (χ2v) is 7.58. The second-order valence-electron chi connectivity index (χ2n) is 7.58. The van der Waals surface area contributed by atoms with E-state index in [0.717, 1.165) is 51.5 Å².